The molecule has 2 aromatic carbocycles. The standard InChI is InChI=1S/C18H17BrF2N2O/c1-2-5-16-22-14-6-3-4-7-15(14)23(16)18(20,21)17(24)12-8-10-13(19)11-9-12/h3-4,6-11,17,24H,2,5H2,1H3. The van der Waals surface area contributed by atoms with Crippen LogP contribution < -0.4 is 0 Å². The first kappa shape index (κ1) is 17.0. The molecule has 1 N–H and O–H groups in total. The molecule has 0 aliphatic rings. The molecule has 3 nitrogen and oxygen atoms in total. The van der Waals surface area contributed by atoms with Crippen LogP contribution in [0.1, 0.15) is 30.8 Å². The number of halogens is 3. The molecule has 24 heavy (non-hydrogen) atoms. The number of hydrogen-bond acceptors (Lipinski definition) is 2. The summed E-state index contributed by atoms with van der Waals surface area (Å²) in [5, 5.41) is 10.3. The number of aromatic nitrogens is 2. The first-order chi connectivity index (χ1) is 11.4. The summed E-state index contributed by atoms with van der Waals surface area (Å²) < 4.78 is 31.9. The highest BCUT2D eigenvalue weighted by atomic mass is 79.9. The Morgan fingerprint density at radius 1 is 1.17 bits per heavy atom. The zero-order valence-electron chi connectivity index (χ0n) is 13.1. The number of aliphatic hydroxyl groups is 1. The van der Waals surface area contributed by atoms with Gasteiger partial charge in [-0.1, -0.05) is 47.1 Å². The first-order valence-electron chi connectivity index (χ1n) is 7.73. The van der Waals surface area contributed by atoms with E-state index in [1.807, 2.05) is 6.92 Å². The summed E-state index contributed by atoms with van der Waals surface area (Å²) in [6.07, 6.45) is -0.857. The zero-order chi connectivity index (χ0) is 17.3. The number of rotatable bonds is 5. The summed E-state index contributed by atoms with van der Waals surface area (Å²) in [5.41, 5.74) is 0.981. The van der Waals surface area contributed by atoms with Gasteiger partial charge in [0.05, 0.1) is 11.0 Å². The minimum Gasteiger partial charge on any atom is -0.380 e. The van der Waals surface area contributed by atoms with Crippen LogP contribution in [0.15, 0.2) is 53.0 Å². The molecule has 0 saturated heterocycles. The monoisotopic (exact) mass is 394 g/mol. The van der Waals surface area contributed by atoms with E-state index in [0.29, 0.717) is 23.9 Å². The van der Waals surface area contributed by atoms with E-state index in [1.165, 1.54) is 12.1 Å². The molecule has 0 aliphatic carbocycles. The van der Waals surface area contributed by atoms with Crippen LogP contribution in [0, 0.1) is 0 Å². The minimum atomic E-state index is -3.51. The number of aliphatic hydroxyl groups excluding tert-OH is 1. The number of alkyl halides is 2. The van der Waals surface area contributed by atoms with Crippen molar-refractivity contribution in [2.75, 3.05) is 0 Å². The van der Waals surface area contributed by atoms with Crippen molar-refractivity contribution in [2.24, 2.45) is 0 Å². The van der Waals surface area contributed by atoms with Crippen LogP contribution in [0.5, 0.6) is 0 Å². The molecule has 6 heteroatoms. The average molecular weight is 395 g/mol. The highest BCUT2D eigenvalue weighted by molar-refractivity contribution is 9.10. The zero-order valence-corrected chi connectivity index (χ0v) is 14.7. The summed E-state index contributed by atoms with van der Waals surface area (Å²) in [6, 6.07) is 9.49. The molecule has 1 aromatic heterocycles. The second-order valence-electron chi connectivity index (χ2n) is 5.64. The Hall–Kier alpha value is -1.79. The van der Waals surface area contributed by atoms with Crippen molar-refractivity contribution in [1.82, 2.24) is 9.55 Å². The lowest BCUT2D eigenvalue weighted by molar-refractivity contribution is -0.173. The van der Waals surface area contributed by atoms with Gasteiger partial charge in [0.15, 0.2) is 6.10 Å². The lowest BCUT2D eigenvalue weighted by Crippen LogP contribution is -2.32. The van der Waals surface area contributed by atoms with E-state index in [9.17, 15) is 5.11 Å². The Labute approximate surface area is 147 Å². The van der Waals surface area contributed by atoms with Crippen molar-refractivity contribution in [1.29, 1.82) is 0 Å². The number of fused-ring (bicyclic) bond motifs is 1. The van der Waals surface area contributed by atoms with Gasteiger partial charge in [-0.15, -0.1) is 0 Å². The molecule has 0 amide bonds. The molecule has 0 bridgehead atoms. The van der Waals surface area contributed by atoms with Gasteiger partial charge in [0.2, 0.25) is 0 Å². The lowest BCUT2D eigenvalue weighted by atomic mass is 10.1. The molecule has 126 valence electrons. The van der Waals surface area contributed by atoms with Crippen molar-refractivity contribution < 1.29 is 13.9 Å². The predicted molar refractivity (Wildman–Crippen MR) is 93.0 cm³/mol. The maximum Gasteiger partial charge on any atom is 0.360 e. The van der Waals surface area contributed by atoms with Gasteiger partial charge in [-0.2, -0.15) is 8.78 Å². The maximum atomic E-state index is 15.1. The van der Waals surface area contributed by atoms with Gasteiger partial charge >= 0.3 is 6.05 Å². The fourth-order valence-corrected chi connectivity index (χ4v) is 3.03. The van der Waals surface area contributed by atoms with Crippen molar-refractivity contribution in [3.8, 4) is 0 Å². The molecule has 1 unspecified atom stereocenters. The number of nitrogens with zero attached hydrogens (tertiary/aromatic N) is 2. The summed E-state index contributed by atoms with van der Waals surface area (Å²) in [5.74, 6) is 0.278. The smallest absolute Gasteiger partial charge is 0.360 e. The highest BCUT2D eigenvalue weighted by Gasteiger charge is 2.44. The van der Waals surface area contributed by atoms with E-state index in [0.717, 1.165) is 9.04 Å². The van der Waals surface area contributed by atoms with Crippen molar-refractivity contribution >= 4 is 27.0 Å². The molecule has 3 rings (SSSR count). The van der Waals surface area contributed by atoms with Crippen molar-refractivity contribution in [3.05, 3.63) is 64.4 Å². The van der Waals surface area contributed by atoms with Gasteiger partial charge in [-0.3, -0.25) is 4.57 Å². The quantitative estimate of drug-likeness (QED) is 0.658. The largest absolute Gasteiger partial charge is 0.380 e. The average Bonchev–Trinajstić information content (AvgIpc) is 2.94. The fraction of sp³-hybridized carbons (Fsp3) is 0.278. The SMILES string of the molecule is CCCc1nc2ccccc2n1C(F)(F)C(O)c1ccc(Br)cc1. The molecular weight excluding hydrogens is 378 g/mol. The summed E-state index contributed by atoms with van der Waals surface area (Å²) in [7, 11) is 0. The number of imidazole rings is 1. The predicted octanol–water partition coefficient (Wildman–Crippen LogP) is 5.03. The lowest BCUT2D eigenvalue weighted by Gasteiger charge is -2.26. The number of para-hydroxylation sites is 2. The van der Waals surface area contributed by atoms with E-state index < -0.39 is 12.2 Å². The summed E-state index contributed by atoms with van der Waals surface area (Å²) in [4.78, 5) is 4.32. The van der Waals surface area contributed by atoms with Gasteiger partial charge in [0, 0.05) is 10.9 Å². The molecule has 0 aliphatic heterocycles. The van der Waals surface area contributed by atoms with E-state index in [-0.39, 0.29) is 11.4 Å². The second-order valence-corrected chi connectivity index (χ2v) is 6.56. The van der Waals surface area contributed by atoms with Crippen LogP contribution in [-0.2, 0) is 12.5 Å². The molecule has 0 radical (unpaired) electrons. The minimum absolute atomic E-state index is 0.156. The summed E-state index contributed by atoms with van der Waals surface area (Å²) in [6.45, 7) is 1.91. The van der Waals surface area contributed by atoms with Crippen LogP contribution in [0.2, 0.25) is 0 Å². The van der Waals surface area contributed by atoms with Crippen LogP contribution in [-0.4, -0.2) is 14.7 Å². The third kappa shape index (κ3) is 2.96. The van der Waals surface area contributed by atoms with Gasteiger partial charge in [-0.25, -0.2) is 4.98 Å². The van der Waals surface area contributed by atoms with Gasteiger partial charge < -0.3 is 5.11 Å². The number of aryl methyl sites for hydroxylation is 1. The van der Waals surface area contributed by atoms with Crippen LogP contribution in [0.3, 0.4) is 0 Å². The second kappa shape index (κ2) is 6.61. The van der Waals surface area contributed by atoms with Gasteiger partial charge in [0.1, 0.15) is 5.82 Å². The van der Waals surface area contributed by atoms with Gasteiger partial charge in [0.25, 0.3) is 0 Å². The molecule has 0 spiro atoms. The van der Waals surface area contributed by atoms with Crippen LogP contribution in [0.4, 0.5) is 8.78 Å². The number of hydrogen-bond donors (Lipinski definition) is 1. The van der Waals surface area contributed by atoms with E-state index >= 15 is 8.78 Å². The Morgan fingerprint density at radius 3 is 2.50 bits per heavy atom. The van der Waals surface area contributed by atoms with Crippen LogP contribution in [0.25, 0.3) is 11.0 Å². The molecular formula is C18H17BrF2N2O. The Bertz CT molecular complexity index is 846. The van der Waals surface area contributed by atoms with Crippen molar-refractivity contribution in [3.63, 3.8) is 0 Å². The van der Waals surface area contributed by atoms with E-state index in [2.05, 4.69) is 20.9 Å². The molecule has 3 aromatic rings. The van der Waals surface area contributed by atoms with Crippen LogP contribution >= 0.6 is 15.9 Å². The normalized spacial score (nSPS) is 13.4. The molecule has 0 fully saturated rings. The van der Waals surface area contributed by atoms with E-state index in [4.69, 9.17) is 0 Å². The Morgan fingerprint density at radius 2 is 1.83 bits per heavy atom. The molecule has 0 saturated carbocycles. The van der Waals surface area contributed by atoms with E-state index in [1.54, 1.807) is 36.4 Å². The summed E-state index contributed by atoms with van der Waals surface area (Å²) >= 11 is 3.26. The third-order valence-electron chi connectivity index (χ3n) is 3.92. The fourth-order valence-electron chi connectivity index (χ4n) is 2.77. The number of benzene rings is 2. The van der Waals surface area contributed by atoms with Gasteiger partial charge in [-0.05, 0) is 36.2 Å². The topological polar surface area (TPSA) is 38.0 Å². The maximum absolute atomic E-state index is 15.1. The van der Waals surface area contributed by atoms with Crippen molar-refractivity contribution in [2.45, 2.75) is 31.9 Å². The molecule has 1 heterocycles. The molecule has 1 atom stereocenters. The Balaban J connectivity index is 2.12. The Kier molecular flexibility index (Phi) is 4.69. The first-order valence-corrected chi connectivity index (χ1v) is 8.52. The highest BCUT2D eigenvalue weighted by Crippen LogP contribution is 2.39. The third-order valence-corrected chi connectivity index (χ3v) is 4.45.